The molecule has 0 spiro atoms. The third kappa shape index (κ3) is 1040. The second-order valence-electron chi connectivity index (χ2n) is 0.961. The van der Waals surface area contributed by atoms with Gasteiger partial charge in [-0.2, -0.15) is 8.42 Å². The Morgan fingerprint density at radius 2 is 1.00 bits per heavy atom. The van der Waals surface area contributed by atoms with E-state index in [0.29, 0.717) is 0 Å². The maximum Gasteiger partial charge on any atom is 0.466 e. The molecular weight excluding hydrogens is 251 g/mol. The molecule has 0 aromatic heterocycles. The second-order valence-corrected chi connectivity index (χ2v) is 2.88. The van der Waals surface area contributed by atoms with E-state index in [0.717, 1.165) is 0 Å². The van der Waals surface area contributed by atoms with Crippen molar-refractivity contribution in [1.82, 2.24) is 0 Å². The minimum absolute atomic E-state index is 0. The normalized spacial score (nSPS) is 9.75. The molecule has 0 rings (SSSR count). The van der Waals surface area contributed by atoms with Crippen molar-refractivity contribution >= 4 is 53.7 Å². The van der Waals surface area contributed by atoms with Gasteiger partial charge in [0.25, 0.3) is 0 Å². The summed E-state index contributed by atoms with van der Waals surface area (Å²) in [6.07, 6.45) is 0. The highest BCUT2D eigenvalue weighted by molar-refractivity contribution is 7.79. The lowest BCUT2D eigenvalue weighted by Gasteiger charge is -1.82. The Balaban J connectivity index is -0.0000000457. The van der Waals surface area contributed by atoms with Gasteiger partial charge in [-0.3, -0.25) is 9.11 Å². The maximum atomic E-state index is 8.88. The molecule has 0 fully saturated rings. The standard InChI is InChI=1S/ClH.Mg.H3O4P.H2O4S.2H/c;;2*1-5(2,3)4;;/h1H;;(H3,1,2,3,4);(H2,1,2,3,4);;. The molecule has 0 aliphatic heterocycles. The molecule has 12 heteroatoms. The molecule has 0 saturated heterocycles. The van der Waals surface area contributed by atoms with E-state index in [-0.39, 0.29) is 35.5 Å². The summed E-state index contributed by atoms with van der Waals surface area (Å²) < 4.78 is 40.5. The molecule has 0 heterocycles. The Hall–Kier alpha value is 1.04. The summed E-state index contributed by atoms with van der Waals surface area (Å²) in [4.78, 5) is 21.6. The Morgan fingerprint density at radius 3 is 1.00 bits per heavy atom. The summed E-state index contributed by atoms with van der Waals surface area (Å²) in [6.45, 7) is 0. The van der Waals surface area contributed by atoms with Crippen molar-refractivity contribution in [3.05, 3.63) is 0 Å². The summed E-state index contributed by atoms with van der Waals surface area (Å²) in [5, 5.41) is 0. The first kappa shape index (κ1) is 23.1. The fourth-order valence-corrected chi connectivity index (χ4v) is 0. The van der Waals surface area contributed by atoms with E-state index < -0.39 is 18.2 Å². The van der Waals surface area contributed by atoms with Crippen LogP contribution in [0.2, 0.25) is 0 Å². The Bertz CT molecular complexity index is 197. The average molecular weight is 259 g/mol. The number of phosphoric acid groups is 1. The molecule has 0 aliphatic rings. The molecule has 0 atom stereocenters. The first-order chi connectivity index (χ1) is 4.00. The predicted molar refractivity (Wildman–Crippen MR) is 44.2 cm³/mol. The van der Waals surface area contributed by atoms with Crippen LogP contribution in [-0.4, -0.2) is 55.3 Å². The summed E-state index contributed by atoms with van der Waals surface area (Å²) in [5.41, 5.74) is 0. The van der Waals surface area contributed by atoms with E-state index in [1.54, 1.807) is 0 Å². The van der Waals surface area contributed by atoms with Crippen LogP contribution < -0.4 is 0 Å². The fraction of sp³-hybridized carbons (Fsp3) is 0. The van der Waals surface area contributed by atoms with Crippen LogP contribution in [0.15, 0.2) is 0 Å². The lowest BCUT2D eigenvalue weighted by Crippen LogP contribution is -1.89. The van der Waals surface area contributed by atoms with Gasteiger partial charge in [0, 0.05) is 0 Å². The van der Waals surface area contributed by atoms with Crippen molar-refractivity contribution in [2.24, 2.45) is 0 Å². The highest BCUT2D eigenvalue weighted by Gasteiger charge is 2.00. The average Bonchev–Trinajstić information content (AvgIpc) is 1.12. The van der Waals surface area contributed by atoms with Crippen LogP contribution in [-0.2, 0) is 15.0 Å². The van der Waals surface area contributed by atoms with Gasteiger partial charge in [-0.25, -0.2) is 4.57 Å². The van der Waals surface area contributed by atoms with Crippen molar-refractivity contribution in [3.8, 4) is 0 Å². The zero-order valence-corrected chi connectivity index (χ0v) is 7.25. The van der Waals surface area contributed by atoms with Crippen molar-refractivity contribution in [1.29, 1.82) is 0 Å². The van der Waals surface area contributed by atoms with Gasteiger partial charge in [0.15, 0.2) is 0 Å². The molecule has 0 radical (unpaired) electrons. The Morgan fingerprint density at radius 1 is 1.00 bits per heavy atom. The Kier molecular flexibility index (Phi) is 16.6. The molecule has 0 aromatic carbocycles. The van der Waals surface area contributed by atoms with Crippen molar-refractivity contribution in [2.45, 2.75) is 0 Å². The van der Waals surface area contributed by atoms with Crippen LogP contribution in [0.1, 0.15) is 0 Å². The van der Waals surface area contributed by atoms with Crippen molar-refractivity contribution < 1.29 is 36.8 Å². The first-order valence-electron chi connectivity index (χ1n) is 1.48. The van der Waals surface area contributed by atoms with Crippen LogP contribution in [0.25, 0.3) is 0 Å². The van der Waals surface area contributed by atoms with Crippen molar-refractivity contribution in [2.75, 3.05) is 0 Å². The Labute approximate surface area is 90.4 Å². The monoisotopic (exact) mass is 258 g/mol. The van der Waals surface area contributed by atoms with Crippen LogP contribution in [0.5, 0.6) is 0 Å². The molecule has 0 unspecified atom stereocenters. The van der Waals surface area contributed by atoms with Gasteiger partial charge in [-0.05, 0) is 0 Å². The number of halogens is 1. The molecular formula is H8ClMgO8PS. The quantitative estimate of drug-likeness (QED) is 0.189. The molecule has 0 amide bonds. The van der Waals surface area contributed by atoms with Crippen LogP contribution in [0.3, 0.4) is 0 Å². The molecule has 0 aliphatic carbocycles. The van der Waals surface area contributed by atoms with E-state index >= 15 is 0 Å². The van der Waals surface area contributed by atoms with E-state index in [9.17, 15) is 0 Å². The summed E-state index contributed by atoms with van der Waals surface area (Å²) in [6, 6.07) is 0. The SMILES string of the molecule is Cl.O=P(O)(O)O.O=S(=O)(O)O.[MgH2]. The molecule has 0 aromatic rings. The minimum Gasteiger partial charge on any atom is -0.303 e. The van der Waals surface area contributed by atoms with Crippen LogP contribution >= 0.6 is 20.2 Å². The third-order valence-corrected chi connectivity index (χ3v) is 0. The fourth-order valence-electron chi connectivity index (χ4n) is 0. The summed E-state index contributed by atoms with van der Waals surface area (Å²) in [5.74, 6) is 0. The van der Waals surface area contributed by atoms with E-state index in [4.69, 9.17) is 36.8 Å². The molecule has 76 valence electrons. The molecule has 5 N–H and O–H groups in total. The zero-order chi connectivity index (χ0) is 9.00. The molecule has 12 heavy (non-hydrogen) atoms. The van der Waals surface area contributed by atoms with Crippen molar-refractivity contribution in [3.63, 3.8) is 0 Å². The van der Waals surface area contributed by atoms with Gasteiger partial charge in [-0.15, -0.1) is 12.4 Å². The van der Waals surface area contributed by atoms with Gasteiger partial charge in [0.1, 0.15) is 0 Å². The minimum atomic E-state index is -4.67. The largest absolute Gasteiger partial charge is 0.466 e. The van der Waals surface area contributed by atoms with Gasteiger partial charge >= 0.3 is 41.3 Å². The maximum absolute atomic E-state index is 8.88. The third-order valence-electron chi connectivity index (χ3n) is 0. The second kappa shape index (κ2) is 8.63. The smallest absolute Gasteiger partial charge is 0.303 e. The van der Waals surface area contributed by atoms with E-state index in [2.05, 4.69) is 0 Å². The van der Waals surface area contributed by atoms with Gasteiger partial charge in [0.2, 0.25) is 0 Å². The lowest BCUT2D eigenvalue weighted by molar-refractivity contribution is 0.275. The number of hydrogen-bond acceptors (Lipinski definition) is 3. The molecule has 0 bridgehead atoms. The van der Waals surface area contributed by atoms with E-state index in [1.807, 2.05) is 0 Å². The highest BCUT2D eigenvalue weighted by Crippen LogP contribution is 2.25. The molecule has 8 nitrogen and oxygen atoms in total. The summed E-state index contributed by atoms with van der Waals surface area (Å²) in [7, 11) is -9.31. The summed E-state index contributed by atoms with van der Waals surface area (Å²) >= 11 is 0. The van der Waals surface area contributed by atoms with Gasteiger partial charge in [0.05, 0.1) is 0 Å². The van der Waals surface area contributed by atoms with Crippen LogP contribution in [0.4, 0.5) is 0 Å². The number of rotatable bonds is 0. The highest BCUT2D eigenvalue weighted by atomic mass is 35.5. The predicted octanol–water partition coefficient (Wildman–Crippen LogP) is -2.08. The lowest BCUT2D eigenvalue weighted by atomic mass is 15.8. The zero-order valence-electron chi connectivity index (χ0n) is 4.72. The number of hydrogen-bond donors (Lipinski definition) is 5. The molecule has 0 saturated carbocycles. The first-order valence-corrected chi connectivity index (χ1v) is 4.44. The van der Waals surface area contributed by atoms with Gasteiger partial charge < -0.3 is 14.7 Å². The topological polar surface area (TPSA) is 152 Å². The van der Waals surface area contributed by atoms with Crippen LogP contribution in [0, 0.1) is 0 Å². The van der Waals surface area contributed by atoms with E-state index in [1.165, 1.54) is 0 Å². The van der Waals surface area contributed by atoms with Gasteiger partial charge in [-0.1, -0.05) is 0 Å².